The Morgan fingerprint density at radius 3 is 3.11 bits per heavy atom. The van der Waals surface area contributed by atoms with Crippen LogP contribution >= 0.6 is 11.3 Å². The summed E-state index contributed by atoms with van der Waals surface area (Å²) in [6.45, 7) is 0. The molecule has 0 saturated heterocycles. The Kier molecular flexibility index (Phi) is 2.60. The fraction of sp³-hybridized carbons (Fsp3) is 0.0769. The minimum Gasteiger partial charge on any atom is -0.365 e. The monoisotopic (exact) mass is 257 g/mol. The highest BCUT2D eigenvalue weighted by atomic mass is 32.1. The molecule has 0 aromatic carbocycles. The van der Waals surface area contributed by atoms with E-state index in [1.807, 2.05) is 40.4 Å². The number of carbonyl (C=O) groups is 1. The summed E-state index contributed by atoms with van der Waals surface area (Å²) >= 11 is 1.39. The van der Waals surface area contributed by atoms with Crippen molar-refractivity contribution in [2.24, 2.45) is 5.73 Å². The van der Waals surface area contributed by atoms with E-state index in [0.717, 1.165) is 16.8 Å². The number of rotatable bonds is 3. The molecule has 0 bridgehead atoms. The zero-order valence-electron chi connectivity index (χ0n) is 9.54. The van der Waals surface area contributed by atoms with E-state index >= 15 is 0 Å². The van der Waals surface area contributed by atoms with Crippen LogP contribution < -0.4 is 5.73 Å². The maximum absolute atomic E-state index is 11.3. The van der Waals surface area contributed by atoms with Crippen molar-refractivity contribution in [3.63, 3.8) is 0 Å². The highest BCUT2D eigenvalue weighted by molar-refractivity contribution is 7.12. The van der Waals surface area contributed by atoms with E-state index in [1.165, 1.54) is 11.3 Å². The Balaban J connectivity index is 1.95. The van der Waals surface area contributed by atoms with Gasteiger partial charge in [0.15, 0.2) is 0 Å². The molecule has 0 saturated carbocycles. The molecule has 2 N–H and O–H groups in total. The fourth-order valence-electron chi connectivity index (χ4n) is 1.97. The molecule has 0 fully saturated rings. The van der Waals surface area contributed by atoms with Gasteiger partial charge in [-0.3, -0.25) is 4.79 Å². The minimum atomic E-state index is -0.359. The van der Waals surface area contributed by atoms with E-state index in [2.05, 4.69) is 4.98 Å². The smallest absolute Gasteiger partial charge is 0.259 e. The maximum Gasteiger partial charge on any atom is 0.259 e. The van der Waals surface area contributed by atoms with E-state index in [-0.39, 0.29) is 5.91 Å². The number of hydrogen-bond acceptors (Lipinski definition) is 3. The molecule has 0 aliphatic heterocycles. The summed E-state index contributed by atoms with van der Waals surface area (Å²) in [6.07, 6.45) is 6.33. The number of carbonyl (C=O) groups excluding carboxylic acids is 1. The van der Waals surface area contributed by atoms with Crippen molar-refractivity contribution in [3.05, 3.63) is 58.2 Å². The lowest BCUT2D eigenvalue weighted by Crippen LogP contribution is -2.11. The Morgan fingerprint density at radius 2 is 2.28 bits per heavy atom. The molecule has 0 aliphatic rings. The summed E-state index contributed by atoms with van der Waals surface area (Å²) in [4.78, 5) is 16.1. The predicted molar refractivity (Wildman–Crippen MR) is 70.8 cm³/mol. The number of primary amides is 1. The Morgan fingerprint density at radius 1 is 1.39 bits per heavy atom. The molecule has 0 spiro atoms. The summed E-state index contributed by atoms with van der Waals surface area (Å²) in [7, 11) is 0. The largest absolute Gasteiger partial charge is 0.365 e. The first-order chi connectivity index (χ1) is 8.74. The van der Waals surface area contributed by atoms with Gasteiger partial charge < -0.3 is 10.1 Å². The van der Waals surface area contributed by atoms with E-state index in [1.54, 1.807) is 6.20 Å². The zero-order valence-corrected chi connectivity index (χ0v) is 10.4. The van der Waals surface area contributed by atoms with Crippen molar-refractivity contribution < 1.29 is 4.79 Å². The summed E-state index contributed by atoms with van der Waals surface area (Å²) in [6, 6.07) is 5.99. The van der Waals surface area contributed by atoms with Gasteiger partial charge in [0.05, 0.1) is 4.88 Å². The molecular weight excluding hydrogens is 246 g/mol. The molecular formula is C13H11N3OS. The second-order valence-electron chi connectivity index (χ2n) is 4.04. The SMILES string of the molecule is NC(=O)c1sccc1Cc1ccn2ccnc2c1. The summed E-state index contributed by atoms with van der Waals surface area (Å²) < 4.78 is 1.95. The van der Waals surface area contributed by atoms with Gasteiger partial charge in [-0.2, -0.15) is 0 Å². The number of thiophene rings is 1. The first kappa shape index (κ1) is 11.0. The van der Waals surface area contributed by atoms with Crippen molar-refractivity contribution >= 4 is 22.9 Å². The van der Waals surface area contributed by atoms with Crippen LogP contribution in [0.4, 0.5) is 0 Å². The molecule has 18 heavy (non-hydrogen) atoms. The number of hydrogen-bond donors (Lipinski definition) is 1. The van der Waals surface area contributed by atoms with Crippen LogP contribution in [0.3, 0.4) is 0 Å². The van der Waals surface area contributed by atoms with Gasteiger partial charge in [-0.15, -0.1) is 11.3 Å². The molecule has 3 heterocycles. The Bertz CT molecular complexity index is 714. The van der Waals surface area contributed by atoms with Crippen molar-refractivity contribution in [3.8, 4) is 0 Å². The summed E-state index contributed by atoms with van der Waals surface area (Å²) in [5, 5.41) is 1.89. The van der Waals surface area contributed by atoms with E-state index in [9.17, 15) is 4.79 Å². The lowest BCUT2D eigenvalue weighted by molar-refractivity contribution is 0.100. The molecule has 5 heteroatoms. The van der Waals surface area contributed by atoms with Crippen LogP contribution in [0.2, 0.25) is 0 Å². The third-order valence-electron chi connectivity index (χ3n) is 2.83. The number of amides is 1. The Labute approximate surface area is 108 Å². The number of fused-ring (bicyclic) bond motifs is 1. The van der Waals surface area contributed by atoms with Gasteiger partial charge in [0, 0.05) is 18.6 Å². The fourth-order valence-corrected chi connectivity index (χ4v) is 2.75. The topological polar surface area (TPSA) is 60.4 Å². The number of nitrogens with zero attached hydrogens (tertiary/aromatic N) is 2. The van der Waals surface area contributed by atoms with Crippen LogP contribution in [-0.4, -0.2) is 15.3 Å². The van der Waals surface area contributed by atoms with Crippen molar-refractivity contribution in [2.75, 3.05) is 0 Å². The van der Waals surface area contributed by atoms with Gasteiger partial charge in [0.2, 0.25) is 0 Å². The van der Waals surface area contributed by atoms with E-state index in [0.29, 0.717) is 11.3 Å². The van der Waals surface area contributed by atoms with Gasteiger partial charge in [-0.05, 0) is 41.1 Å². The molecule has 3 aromatic heterocycles. The van der Waals surface area contributed by atoms with Gasteiger partial charge in [0.25, 0.3) is 5.91 Å². The number of nitrogens with two attached hydrogens (primary N) is 1. The molecule has 3 rings (SSSR count). The van der Waals surface area contributed by atoms with E-state index in [4.69, 9.17) is 5.73 Å². The quantitative estimate of drug-likeness (QED) is 0.781. The second-order valence-corrected chi connectivity index (χ2v) is 4.96. The van der Waals surface area contributed by atoms with Crippen LogP contribution in [0.1, 0.15) is 20.8 Å². The molecule has 90 valence electrons. The van der Waals surface area contributed by atoms with Crippen LogP contribution in [0.15, 0.2) is 42.2 Å². The molecule has 4 nitrogen and oxygen atoms in total. The maximum atomic E-state index is 11.3. The highest BCUT2D eigenvalue weighted by Gasteiger charge is 2.10. The predicted octanol–water partition coefficient (Wildman–Crippen LogP) is 2.09. The Hall–Kier alpha value is -2.14. The first-order valence-electron chi connectivity index (χ1n) is 5.52. The average Bonchev–Trinajstić information content (AvgIpc) is 2.96. The van der Waals surface area contributed by atoms with Crippen LogP contribution in [-0.2, 0) is 6.42 Å². The van der Waals surface area contributed by atoms with Crippen LogP contribution in [0.5, 0.6) is 0 Å². The average molecular weight is 257 g/mol. The first-order valence-corrected chi connectivity index (χ1v) is 6.40. The number of aromatic nitrogens is 2. The molecule has 0 unspecified atom stereocenters. The minimum absolute atomic E-state index is 0.359. The van der Waals surface area contributed by atoms with Crippen molar-refractivity contribution in [1.82, 2.24) is 9.38 Å². The zero-order chi connectivity index (χ0) is 12.5. The number of imidazole rings is 1. The second kappa shape index (κ2) is 4.27. The van der Waals surface area contributed by atoms with Gasteiger partial charge in [-0.25, -0.2) is 4.98 Å². The third kappa shape index (κ3) is 1.89. The highest BCUT2D eigenvalue weighted by Crippen LogP contribution is 2.20. The molecule has 1 amide bonds. The van der Waals surface area contributed by atoms with Crippen molar-refractivity contribution in [1.29, 1.82) is 0 Å². The molecule has 0 aliphatic carbocycles. The standard InChI is InChI=1S/C13H11N3OS/c14-13(17)12-10(2-6-18-12)7-9-1-4-16-5-3-15-11(16)8-9/h1-6,8H,7H2,(H2,14,17). The summed E-state index contributed by atoms with van der Waals surface area (Å²) in [5.74, 6) is -0.359. The third-order valence-corrected chi connectivity index (χ3v) is 3.80. The molecule has 3 aromatic rings. The van der Waals surface area contributed by atoms with Gasteiger partial charge in [-0.1, -0.05) is 0 Å². The molecule has 0 atom stereocenters. The molecule has 0 radical (unpaired) electrons. The van der Waals surface area contributed by atoms with Crippen LogP contribution in [0, 0.1) is 0 Å². The van der Waals surface area contributed by atoms with Gasteiger partial charge >= 0.3 is 0 Å². The normalized spacial score (nSPS) is 10.9. The van der Waals surface area contributed by atoms with E-state index < -0.39 is 0 Å². The lowest BCUT2D eigenvalue weighted by atomic mass is 10.1. The van der Waals surface area contributed by atoms with Crippen LogP contribution in [0.25, 0.3) is 5.65 Å². The van der Waals surface area contributed by atoms with Gasteiger partial charge in [0.1, 0.15) is 5.65 Å². The lowest BCUT2D eigenvalue weighted by Gasteiger charge is -2.02. The summed E-state index contributed by atoms with van der Waals surface area (Å²) in [5.41, 5.74) is 8.34. The number of pyridine rings is 1. The van der Waals surface area contributed by atoms with Crippen molar-refractivity contribution in [2.45, 2.75) is 6.42 Å².